The van der Waals surface area contributed by atoms with Gasteiger partial charge in [0.25, 0.3) is 0 Å². The van der Waals surface area contributed by atoms with E-state index in [-0.39, 0.29) is 64.9 Å². The van der Waals surface area contributed by atoms with Crippen molar-refractivity contribution in [1.29, 1.82) is 0 Å². The van der Waals surface area contributed by atoms with E-state index in [0.717, 1.165) is 0 Å². The molecule has 1 aromatic rings. The van der Waals surface area contributed by atoms with E-state index in [0.29, 0.717) is 4.90 Å². The van der Waals surface area contributed by atoms with E-state index in [2.05, 4.69) is 0 Å². The van der Waals surface area contributed by atoms with Crippen molar-refractivity contribution in [3.05, 3.63) is 24.3 Å². The summed E-state index contributed by atoms with van der Waals surface area (Å²) in [6, 6.07) is 6.17. The van der Waals surface area contributed by atoms with Gasteiger partial charge < -0.3 is 17.7 Å². The molecule has 1 nitrogen and oxygen atoms in total. The summed E-state index contributed by atoms with van der Waals surface area (Å²) >= 11 is 4.73. The van der Waals surface area contributed by atoms with Crippen LogP contribution < -0.4 is 64.2 Å². The Kier molecular flexibility index (Phi) is 9.55. The first-order valence-electron chi connectivity index (χ1n) is 2.23. The smallest absolute Gasteiger partial charge is 0.872 e. The van der Waals surface area contributed by atoms with Gasteiger partial charge in [-0.15, -0.1) is 5.75 Å². The van der Waals surface area contributed by atoms with Gasteiger partial charge >= 0.3 is 59.1 Å². The summed E-state index contributed by atoms with van der Waals surface area (Å²) in [5.41, 5.74) is 0. The van der Waals surface area contributed by atoms with Crippen LogP contribution in [0.5, 0.6) is 5.75 Å². The Balaban J connectivity index is 0. The van der Waals surface area contributed by atoms with Crippen molar-refractivity contribution in [3.63, 3.8) is 0 Å². The predicted molar refractivity (Wildman–Crippen MR) is 31.5 cm³/mol. The number of hydrogen-bond acceptors (Lipinski definition) is 2. The van der Waals surface area contributed by atoms with Crippen molar-refractivity contribution < 1.29 is 64.2 Å². The second-order valence-electron chi connectivity index (χ2n) is 1.47. The molecular weight excluding hydrogens is 166 g/mol. The van der Waals surface area contributed by atoms with Crippen molar-refractivity contribution in [1.82, 2.24) is 0 Å². The Morgan fingerprint density at radius 1 is 1.00 bits per heavy atom. The fourth-order valence-electron chi connectivity index (χ4n) is 0.440. The van der Waals surface area contributed by atoms with Gasteiger partial charge in [0.1, 0.15) is 0 Å². The van der Waals surface area contributed by atoms with Crippen molar-refractivity contribution in [2.24, 2.45) is 0 Å². The van der Waals surface area contributed by atoms with E-state index < -0.39 is 0 Å². The summed E-state index contributed by atoms with van der Waals surface area (Å²) in [5, 5.41) is 10.4. The van der Waals surface area contributed by atoms with Gasteiger partial charge in [0.15, 0.2) is 0 Å². The van der Waals surface area contributed by atoms with Gasteiger partial charge in [-0.25, -0.2) is 0 Å². The molecule has 0 atom stereocenters. The van der Waals surface area contributed by atoms with Crippen LogP contribution in [-0.2, 0) is 12.6 Å². The van der Waals surface area contributed by atoms with E-state index in [1.54, 1.807) is 12.1 Å². The van der Waals surface area contributed by atoms with E-state index in [4.69, 9.17) is 12.6 Å². The molecule has 0 aromatic heterocycles. The Morgan fingerprint density at radius 2 is 1.40 bits per heavy atom. The molecule has 1 aromatic carbocycles. The topological polar surface area (TPSA) is 23.1 Å². The SMILES string of the molecule is [Na+].[Na+].[O-]c1ccc([S-])cc1. The van der Waals surface area contributed by atoms with Crippen LogP contribution in [0, 0.1) is 0 Å². The molecule has 0 aliphatic rings. The minimum Gasteiger partial charge on any atom is -0.872 e. The summed E-state index contributed by atoms with van der Waals surface area (Å²) in [7, 11) is 0. The molecule has 0 heterocycles. The van der Waals surface area contributed by atoms with Gasteiger partial charge in [-0.3, -0.25) is 0 Å². The van der Waals surface area contributed by atoms with Crippen LogP contribution in [0.4, 0.5) is 0 Å². The molecule has 42 valence electrons. The fraction of sp³-hybridized carbons (Fsp3) is 0. The normalized spacial score (nSPS) is 7.20. The molecule has 0 bridgehead atoms. The molecule has 0 saturated heterocycles. The molecule has 0 aliphatic carbocycles. The Labute approximate surface area is 110 Å². The third kappa shape index (κ3) is 4.97. The minimum atomic E-state index is 0. The average molecular weight is 170 g/mol. The summed E-state index contributed by atoms with van der Waals surface area (Å²) < 4.78 is 0. The second-order valence-corrected chi connectivity index (χ2v) is 1.94. The molecule has 0 fully saturated rings. The molecule has 0 unspecified atom stereocenters. The van der Waals surface area contributed by atoms with Gasteiger partial charge in [-0.05, 0) is 0 Å². The molecule has 0 radical (unpaired) electrons. The first-order valence-corrected chi connectivity index (χ1v) is 2.64. The van der Waals surface area contributed by atoms with Crippen molar-refractivity contribution in [3.8, 4) is 5.75 Å². The molecule has 0 spiro atoms. The largest absolute Gasteiger partial charge is 1.00 e. The van der Waals surface area contributed by atoms with Crippen LogP contribution in [-0.4, -0.2) is 0 Å². The van der Waals surface area contributed by atoms with Gasteiger partial charge in [-0.2, -0.15) is 4.90 Å². The summed E-state index contributed by atoms with van der Waals surface area (Å²) in [6.07, 6.45) is 0. The van der Waals surface area contributed by atoms with E-state index in [1.807, 2.05) is 0 Å². The van der Waals surface area contributed by atoms with Crippen LogP contribution >= 0.6 is 0 Å². The van der Waals surface area contributed by atoms with E-state index in [1.165, 1.54) is 12.1 Å². The summed E-state index contributed by atoms with van der Waals surface area (Å²) in [6.45, 7) is 0. The van der Waals surface area contributed by atoms with Crippen LogP contribution in [0.3, 0.4) is 0 Å². The third-order valence-corrected chi connectivity index (χ3v) is 1.10. The first-order chi connectivity index (χ1) is 3.79. The molecule has 0 saturated carbocycles. The van der Waals surface area contributed by atoms with Gasteiger partial charge in [-0.1, -0.05) is 24.3 Å². The zero-order valence-corrected chi connectivity index (χ0v) is 10.9. The van der Waals surface area contributed by atoms with Crippen molar-refractivity contribution in [2.45, 2.75) is 4.90 Å². The summed E-state index contributed by atoms with van der Waals surface area (Å²) in [4.78, 5) is 0.713. The van der Waals surface area contributed by atoms with Crippen LogP contribution in [0.15, 0.2) is 29.2 Å². The third-order valence-electron chi connectivity index (χ3n) is 0.824. The molecule has 0 aliphatic heterocycles. The zero-order valence-electron chi connectivity index (χ0n) is 6.13. The van der Waals surface area contributed by atoms with Gasteiger partial charge in [0.05, 0.1) is 0 Å². The van der Waals surface area contributed by atoms with Crippen LogP contribution in [0.2, 0.25) is 0 Å². The quantitative estimate of drug-likeness (QED) is 0.287. The van der Waals surface area contributed by atoms with Crippen molar-refractivity contribution in [2.75, 3.05) is 0 Å². The van der Waals surface area contributed by atoms with Crippen molar-refractivity contribution >= 4 is 12.6 Å². The van der Waals surface area contributed by atoms with Crippen LogP contribution in [0.1, 0.15) is 0 Å². The maximum Gasteiger partial charge on any atom is 1.00 e. The molecule has 10 heavy (non-hydrogen) atoms. The average Bonchev–Trinajstić information content (AvgIpc) is 1.77. The van der Waals surface area contributed by atoms with Gasteiger partial charge in [0, 0.05) is 0 Å². The van der Waals surface area contributed by atoms with Gasteiger partial charge in [0.2, 0.25) is 0 Å². The minimum absolute atomic E-state index is 0. The molecule has 0 amide bonds. The second kappa shape index (κ2) is 6.92. The zero-order chi connectivity index (χ0) is 5.98. The number of rotatable bonds is 0. The Bertz CT molecular complexity index is 155. The van der Waals surface area contributed by atoms with E-state index in [9.17, 15) is 5.11 Å². The first kappa shape index (κ1) is 13.8. The predicted octanol–water partition coefficient (Wildman–Crippen LogP) is -5.33. The van der Waals surface area contributed by atoms with E-state index >= 15 is 0 Å². The standard InChI is InChI=1S/C6H6OS.2Na/c7-5-1-3-6(8)4-2-5;;/h1-4,7-8H;;/q;2*+1/p-2. The Morgan fingerprint density at radius 3 is 1.70 bits per heavy atom. The maximum atomic E-state index is 10.4. The number of benzene rings is 1. The maximum absolute atomic E-state index is 10.4. The molecule has 1 rings (SSSR count). The molecule has 4 heteroatoms. The Hall–Kier alpha value is 1.24. The molecular formula is C6H4Na2OS. The monoisotopic (exact) mass is 170 g/mol. The summed E-state index contributed by atoms with van der Waals surface area (Å²) in [5.74, 6) is 0.0126. The van der Waals surface area contributed by atoms with Crippen LogP contribution in [0.25, 0.3) is 0 Å². The molecule has 0 N–H and O–H groups in total. The number of hydrogen-bond donors (Lipinski definition) is 0. The fourth-order valence-corrected chi connectivity index (χ4v) is 0.576.